The van der Waals surface area contributed by atoms with Gasteiger partial charge in [-0.25, -0.2) is 43.4 Å². The first-order chi connectivity index (χ1) is 22.0. The summed E-state index contributed by atoms with van der Waals surface area (Å²) in [6, 6.07) is 0. The Morgan fingerprint density at radius 3 is 2.09 bits per heavy atom. The summed E-state index contributed by atoms with van der Waals surface area (Å²) in [5, 5.41) is 11.3. The zero-order chi connectivity index (χ0) is 32.4. The minimum atomic E-state index is -4.56. The lowest BCUT2D eigenvalue weighted by atomic mass is 10.1. The number of halogens is 1. The molecular formula is C22H27FN10O10P2S. The van der Waals surface area contributed by atoms with Gasteiger partial charge in [0, 0.05) is 7.11 Å². The maximum atomic E-state index is 16.2. The first kappa shape index (κ1) is 31.7. The van der Waals surface area contributed by atoms with Gasteiger partial charge in [0.2, 0.25) is 0 Å². The van der Waals surface area contributed by atoms with Crippen molar-refractivity contribution in [2.24, 2.45) is 0 Å². The molecule has 3 aliphatic rings. The number of hydrogen-bond acceptors (Lipinski definition) is 19. The number of alkyl halides is 1. The summed E-state index contributed by atoms with van der Waals surface area (Å²) < 4.78 is 86.5. The van der Waals surface area contributed by atoms with E-state index in [0.29, 0.717) is 0 Å². The fraction of sp³-hybridized carbons (Fsp3) is 0.545. The molecule has 7 rings (SSSR count). The van der Waals surface area contributed by atoms with Crippen LogP contribution in [-0.2, 0) is 41.2 Å². The zero-order valence-electron chi connectivity index (χ0n) is 23.9. The first-order valence-corrected chi connectivity index (χ1v) is 18.3. The molecule has 10 atom stereocenters. The van der Waals surface area contributed by atoms with Crippen LogP contribution in [0.15, 0.2) is 25.3 Å². The Hall–Kier alpha value is -2.88. The van der Waals surface area contributed by atoms with E-state index in [1.807, 2.05) is 0 Å². The van der Waals surface area contributed by atoms with Gasteiger partial charge in [-0.15, -0.1) is 0 Å². The minimum Gasteiger partial charge on any atom is -0.387 e. The topological polar surface area (TPSA) is 258 Å². The predicted molar refractivity (Wildman–Crippen MR) is 156 cm³/mol. The number of aliphatic hydroxyl groups is 1. The van der Waals surface area contributed by atoms with Crippen molar-refractivity contribution in [1.82, 2.24) is 39.0 Å². The third-order valence-electron chi connectivity index (χ3n) is 7.64. The maximum absolute atomic E-state index is 16.2. The van der Waals surface area contributed by atoms with Gasteiger partial charge in [0.25, 0.3) is 0 Å². The SMILES string of the molecule is COP1(=O)OCC2OC(n3cnc4c(N)ncnc43)C(OP(=O)(SC)OCC3OC(n4cnc5c(N)ncnc54)C(F)C3O1)C2O. The number of imidazole rings is 2. The summed E-state index contributed by atoms with van der Waals surface area (Å²) in [4.78, 5) is 24.5. The normalized spacial score (nSPS) is 37.1. The van der Waals surface area contributed by atoms with Crippen LogP contribution in [0.25, 0.3) is 22.3 Å². The Bertz CT molecular complexity index is 1870. The molecule has 10 unspecified atom stereocenters. The second-order valence-electron chi connectivity index (χ2n) is 10.2. The number of phosphoric acid groups is 1. The van der Waals surface area contributed by atoms with Crippen LogP contribution in [0.4, 0.5) is 16.0 Å². The van der Waals surface area contributed by atoms with Gasteiger partial charge in [0.05, 0.1) is 25.9 Å². The lowest BCUT2D eigenvalue weighted by Crippen LogP contribution is -2.35. The molecular weight excluding hydrogens is 677 g/mol. The molecule has 24 heteroatoms. The molecule has 5 N–H and O–H groups in total. The van der Waals surface area contributed by atoms with Gasteiger partial charge in [-0.2, -0.15) is 0 Å². The standard InChI is InChI=1S/C22H27FN10O10P2S/c1-37-44(35)38-3-9-14(34)16(22(40-9)33-8-31-13-18(25)27-6-29-20(13)33)43-45(36,46-2)39-4-10-15(42-44)11(23)21(41-10)32-7-30-12-17(24)26-5-28-19(12)32/h5-11,14-16,21-22,34H,3-4H2,1-2H3,(H2,24,26,28)(H2,25,27,29). The summed E-state index contributed by atoms with van der Waals surface area (Å²) in [7, 11) is -3.52. The number of aliphatic hydroxyl groups excluding tert-OH is 1. The average Bonchev–Trinajstić information content (AvgIpc) is 3.81. The quantitative estimate of drug-likeness (QED) is 0.253. The van der Waals surface area contributed by atoms with Crippen LogP contribution in [0.2, 0.25) is 0 Å². The first-order valence-electron chi connectivity index (χ1n) is 13.5. The number of nitrogens with two attached hydrogens (primary N) is 2. The highest BCUT2D eigenvalue weighted by atomic mass is 32.7. The van der Waals surface area contributed by atoms with Gasteiger partial charge in [0.1, 0.15) is 54.2 Å². The summed E-state index contributed by atoms with van der Waals surface area (Å²) in [5.41, 5.74) is 12.6. The van der Waals surface area contributed by atoms with Crippen LogP contribution >= 0.6 is 26.0 Å². The second kappa shape index (κ2) is 12.0. The highest BCUT2D eigenvalue weighted by Crippen LogP contribution is 2.63. The van der Waals surface area contributed by atoms with Crippen LogP contribution in [0, 0.1) is 0 Å². The van der Waals surface area contributed by atoms with Crippen molar-refractivity contribution in [2.75, 3.05) is 38.0 Å². The van der Waals surface area contributed by atoms with Gasteiger partial charge in [-0.3, -0.25) is 31.8 Å². The van der Waals surface area contributed by atoms with Gasteiger partial charge >= 0.3 is 14.6 Å². The Labute approximate surface area is 262 Å². The Balaban J connectivity index is 1.23. The van der Waals surface area contributed by atoms with E-state index in [2.05, 4.69) is 29.9 Å². The fourth-order valence-electron chi connectivity index (χ4n) is 5.36. The summed E-state index contributed by atoms with van der Waals surface area (Å²) in [6.45, 7) is -5.32. The summed E-state index contributed by atoms with van der Waals surface area (Å²) in [6.07, 6.45) is -5.32. The minimum absolute atomic E-state index is 0.0617. The van der Waals surface area contributed by atoms with Crippen LogP contribution in [-0.4, -0.2) is 107 Å². The molecule has 3 fully saturated rings. The van der Waals surface area contributed by atoms with Crippen LogP contribution in [0.3, 0.4) is 0 Å². The molecule has 4 aromatic rings. The van der Waals surface area contributed by atoms with Gasteiger partial charge in [0.15, 0.2) is 41.6 Å². The van der Waals surface area contributed by atoms with E-state index in [1.54, 1.807) is 0 Å². The molecule has 20 nitrogen and oxygen atoms in total. The Morgan fingerprint density at radius 2 is 1.48 bits per heavy atom. The molecule has 0 aliphatic carbocycles. The molecule has 0 aromatic carbocycles. The molecule has 3 aliphatic heterocycles. The van der Waals surface area contributed by atoms with Crippen LogP contribution in [0.1, 0.15) is 12.5 Å². The largest absolute Gasteiger partial charge is 0.475 e. The van der Waals surface area contributed by atoms with E-state index in [1.165, 1.54) is 40.7 Å². The molecule has 3 saturated heterocycles. The van der Waals surface area contributed by atoms with Gasteiger partial charge < -0.3 is 26.0 Å². The van der Waals surface area contributed by atoms with Crippen molar-refractivity contribution in [2.45, 2.75) is 49.1 Å². The van der Waals surface area contributed by atoms with E-state index >= 15 is 4.39 Å². The molecule has 46 heavy (non-hydrogen) atoms. The molecule has 0 amide bonds. The number of rotatable bonds is 4. The number of nitrogens with zero attached hydrogens (tertiary/aromatic N) is 8. The Morgan fingerprint density at radius 1 is 0.891 bits per heavy atom. The number of hydrogen-bond donors (Lipinski definition) is 3. The van der Waals surface area contributed by atoms with Crippen molar-refractivity contribution >= 4 is 60.0 Å². The molecule has 4 aromatic heterocycles. The van der Waals surface area contributed by atoms with Crippen LogP contribution in [0.5, 0.6) is 0 Å². The third kappa shape index (κ3) is 5.36. The molecule has 2 bridgehead atoms. The molecule has 248 valence electrons. The number of phosphoric ester groups is 1. The van der Waals surface area contributed by atoms with Crippen molar-refractivity contribution in [3.8, 4) is 0 Å². The highest BCUT2D eigenvalue weighted by molar-refractivity contribution is 8.54. The smallest absolute Gasteiger partial charge is 0.387 e. The van der Waals surface area contributed by atoms with Crippen molar-refractivity contribution in [3.05, 3.63) is 25.3 Å². The predicted octanol–water partition coefficient (Wildman–Crippen LogP) is 1.37. The molecule has 7 heterocycles. The monoisotopic (exact) mass is 704 g/mol. The fourth-order valence-corrected chi connectivity index (χ4v) is 8.66. The molecule has 0 radical (unpaired) electrons. The van der Waals surface area contributed by atoms with Crippen LogP contribution < -0.4 is 11.5 Å². The van der Waals surface area contributed by atoms with E-state index in [-0.39, 0.29) is 34.0 Å². The van der Waals surface area contributed by atoms with Crippen molar-refractivity contribution in [3.63, 3.8) is 0 Å². The van der Waals surface area contributed by atoms with Gasteiger partial charge in [-0.1, -0.05) is 0 Å². The number of nitrogen functional groups attached to an aromatic ring is 2. The van der Waals surface area contributed by atoms with Gasteiger partial charge in [-0.05, 0) is 17.6 Å². The second-order valence-corrected chi connectivity index (χ2v) is 16.1. The zero-order valence-corrected chi connectivity index (χ0v) is 26.5. The third-order valence-corrected chi connectivity index (χ3v) is 12.4. The molecule has 0 spiro atoms. The number of aromatic nitrogens is 8. The summed E-state index contributed by atoms with van der Waals surface area (Å²) in [5.74, 6) is 0.153. The van der Waals surface area contributed by atoms with E-state index in [0.717, 1.165) is 18.5 Å². The van der Waals surface area contributed by atoms with E-state index in [9.17, 15) is 14.2 Å². The maximum Gasteiger partial charge on any atom is 0.475 e. The summed E-state index contributed by atoms with van der Waals surface area (Å²) >= 11 is 0.717. The Kier molecular flexibility index (Phi) is 8.25. The number of ether oxygens (including phenoxy) is 2. The van der Waals surface area contributed by atoms with Crippen molar-refractivity contribution < 1.29 is 50.7 Å². The average molecular weight is 705 g/mol. The number of fused-ring (bicyclic) bond motifs is 5. The number of anilines is 2. The highest BCUT2D eigenvalue weighted by Gasteiger charge is 2.55. The lowest BCUT2D eigenvalue weighted by Gasteiger charge is -2.27. The van der Waals surface area contributed by atoms with E-state index in [4.69, 9.17) is 43.6 Å². The lowest BCUT2D eigenvalue weighted by molar-refractivity contribution is -0.0629. The van der Waals surface area contributed by atoms with Crippen molar-refractivity contribution in [1.29, 1.82) is 0 Å². The molecule has 0 saturated carbocycles. The van der Waals surface area contributed by atoms with E-state index < -0.39 is 77.0 Å².